The summed E-state index contributed by atoms with van der Waals surface area (Å²) in [5.41, 5.74) is 0.200. The molecular formula is C15H18N2O3S2. The van der Waals surface area contributed by atoms with Crippen molar-refractivity contribution in [2.75, 3.05) is 18.1 Å². The van der Waals surface area contributed by atoms with Gasteiger partial charge in [0, 0.05) is 27.6 Å². The van der Waals surface area contributed by atoms with Crippen molar-refractivity contribution < 1.29 is 14.1 Å². The number of benzene rings is 1. The summed E-state index contributed by atoms with van der Waals surface area (Å²) in [7, 11) is -1.10. The molecule has 1 aromatic carbocycles. The molecule has 1 aromatic heterocycles. The first-order valence-electron chi connectivity index (χ1n) is 6.62. The van der Waals surface area contributed by atoms with Gasteiger partial charge in [0.1, 0.15) is 5.60 Å². The van der Waals surface area contributed by atoms with E-state index < -0.39 is 22.4 Å². The molecule has 2 aromatic rings. The molecule has 0 radical (unpaired) electrons. The van der Waals surface area contributed by atoms with Crippen LogP contribution in [0.25, 0.3) is 0 Å². The molecule has 2 atom stereocenters. The number of carbonyl (C=O) groups is 1. The van der Waals surface area contributed by atoms with Gasteiger partial charge in [-0.2, -0.15) is 11.3 Å². The Morgan fingerprint density at radius 2 is 2.18 bits per heavy atom. The number of hydrogen-bond acceptors (Lipinski definition) is 4. The summed E-state index contributed by atoms with van der Waals surface area (Å²) in [5, 5.41) is 19.4. The number of urea groups is 1. The highest BCUT2D eigenvalue weighted by molar-refractivity contribution is 7.84. The Morgan fingerprint density at radius 1 is 1.41 bits per heavy atom. The Labute approximate surface area is 135 Å². The maximum Gasteiger partial charge on any atom is 0.319 e. The van der Waals surface area contributed by atoms with Crippen LogP contribution in [0.2, 0.25) is 0 Å². The lowest BCUT2D eigenvalue weighted by Gasteiger charge is -2.22. The first-order valence-corrected chi connectivity index (χ1v) is 9.12. The third-order valence-electron chi connectivity index (χ3n) is 3.16. The summed E-state index contributed by atoms with van der Waals surface area (Å²) in [4.78, 5) is 12.5. The molecule has 0 saturated heterocycles. The Bertz CT molecular complexity index is 669. The molecule has 5 nitrogen and oxygen atoms in total. The predicted octanol–water partition coefficient (Wildman–Crippen LogP) is 2.51. The normalized spacial score (nSPS) is 14.9. The zero-order valence-corrected chi connectivity index (χ0v) is 14.0. The molecule has 3 N–H and O–H groups in total. The standard InChI is InChI=1S/C15H18N2O3S2/c1-15(19,11-6-7-21-9-11)10-16-14(18)17-12-4-3-5-13(8-12)22(2)20/h3-9,19H,10H2,1-2H3,(H2,16,17,18)/t15-,22+/m1/s1. The summed E-state index contributed by atoms with van der Waals surface area (Å²) >= 11 is 1.49. The third-order valence-corrected chi connectivity index (χ3v) is 4.76. The molecule has 1 heterocycles. The smallest absolute Gasteiger partial charge is 0.319 e. The van der Waals surface area contributed by atoms with Gasteiger partial charge in [0.05, 0.1) is 6.54 Å². The zero-order chi connectivity index (χ0) is 16.2. The monoisotopic (exact) mass is 338 g/mol. The Hall–Kier alpha value is -1.70. The topological polar surface area (TPSA) is 78.4 Å². The quantitative estimate of drug-likeness (QED) is 0.784. The largest absolute Gasteiger partial charge is 0.384 e. The molecule has 2 rings (SSSR count). The minimum absolute atomic E-state index is 0.0922. The molecule has 2 amide bonds. The first kappa shape index (κ1) is 16.7. The van der Waals surface area contributed by atoms with E-state index in [4.69, 9.17) is 0 Å². The summed E-state index contributed by atoms with van der Waals surface area (Å²) in [5.74, 6) is 0. The molecular weight excluding hydrogens is 320 g/mol. The van der Waals surface area contributed by atoms with E-state index >= 15 is 0 Å². The van der Waals surface area contributed by atoms with Crippen molar-refractivity contribution in [3.8, 4) is 0 Å². The van der Waals surface area contributed by atoms with Crippen LogP contribution in [-0.4, -0.2) is 28.1 Å². The fourth-order valence-corrected chi connectivity index (χ4v) is 3.20. The van der Waals surface area contributed by atoms with E-state index in [1.54, 1.807) is 37.4 Å². The second-order valence-corrected chi connectivity index (χ2v) is 7.24. The Morgan fingerprint density at radius 3 is 2.82 bits per heavy atom. The van der Waals surface area contributed by atoms with Crippen molar-refractivity contribution in [3.05, 3.63) is 46.7 Å². The highest BCUT2D eigenvalue weighted by Gasteiger charge is 2.24. The number of anilines is 1. The van der Waals surface area contributed by atoms with Crippen molar-refractivity contribution >= 4 is 33.9 Å². The van der Waals surface area contributed by atoms with Gasteiger partial charge in [-0.05, 0) is 47.5 Å². The number of hydrogen-bond donors (Lipinski definition) is 3. The van der Waals surface area contributed by atoms with Crippen LogP contribution in [0.3, 0.4) is 0 Å². The van der Waals surface area contributed by atoms with Gasteiger partial charge in [0.2, 0.25) is 0 Å². The van der Waals surface area contributed by atoms with E-state index in [9.17, 15) is 14.1 Å². The van der Waals surface area contributed by atoms with Gasteiger partial charge < -0.3 is 15.7 Å². The second-order valence-electron chi connectivity index (χ2n) is 5.08. The van der Waals surface area contributed by atoms with Crippen molar-refractivity contribution in [2.45, 2.75) is 17.4 Å². The molecule has 0 aliphatic rings. The predicted molar refractivity (Wildman–Crippen MR) is 89.7 cm³/mol. The van der Waals surface area contributed by atoms with Crippen LogP contribution < -0.4 is 10.6 Å². The fourth-order valence-electron chi connectivity index (χ4n) is 1.85. The molecule has 0 saturated carbocycles. The molecule has 7 heteroatoms. The molecule has 0 bridgehead atoms. The van der Waals surface area contributed by atoms with Crippen molar-refractivity contribution in [2.24, 2.45) is 0 Å². The van der Waals surface area contributed by atoms with E-state index in [0.717, 1.165) is 5.56 Å². The Balaban J connectivity index is 1.93. The van der Waals surface area contributed by atoms with Gasteiger partial charge in [0.25, 0.3) is 0 Å². The maximum absolute atomic E-state index is 11.9. The molecule has 0 aliphatic heterocycles. The number of amides is 2. The first-order chi connectivity index (χ1) is 10.4. The molecule has 0 aliphatic carbocycles. The zero-order valence-electron chi connectivity index (χ0n) is 12.3. The highest BCUT2D eigenvalue weighted by atomic mass is 32.2. The van der Waals surface area contributed by atoms with Crippen LogP contribution >= 0.6 is 11.3 Å². The minimum atomic E-state index is -1.12. The molecule has 118 valence electrons. The van der Waals surface area contributed by atoms with Crippen LogP contribution in [0.1, 0.15) is 12.5 Å². The molecule has 22 heavy (non-hydrogen) atoms. The van der Waals surface area contributed by atoms with Crippen LogP contribution in [0.5, 0.6) is 0 Å². The number of thiophene rings is 1. The van der Waals surface area contributed by atoms with Gasteiger partial charge in [-0.1, -0.05) is 6.07 Å². The number of carbonyl (C=O) groups excluding carboxylic acids is 1. The lowest BCUT2D eigenvalue weighted by Crippen LogP contribution is -2.40. The number of aliphatic hydroxyl groups is 1. The lowest BCUT2D eigenvalue weighted by atomic mass is 9.99. The Kier molecular flexibility index (Phi) is 5.33. The van der Waals surface area contributed by atoms with E-state index in [2.05, 4.69) is 10.6 Å². The van der Waals surface area contributed by atoms with Crippen LogP contribution in [0.4, 0.5) is 10.5 Å². The second kappa shape index (κ2) is 7.04. The van der Waals surface area contributed by atoms with Crippen molar-refractivity contribution in [3.63, 3.8) is 0 Å². The molecule has 0 fully saturated rings. The van der Waals surface area contributed by atoms with E-state index in [-0.39, 0.29) is 6.54 Å². The minimum Gasteiger partial charge on any atom is -0.384 e. The van der Waals surface area contributed by atoms with Crippen LogP contribution in [-0.2, 0) is 16.4 Å². The van der Waals surface area contributed by atoms with E-state index in [1.807, 2.05) is 16.8 Å². The molecule has 0 spiro atoms. The van der Waals surface area contributed by atoms with Gasteiger partial charge in [-0.3, -0.25) is 4.21 Å². The van der Waals surface area contributed by atoms with Crippen LogP contribution in [0, 0.1) is 0 Å². The third kappa shape index (κ3) is 4.40. The average Bonchev–Trinajstić information content (AvgIpc) is 3.00. The number of rotatable bonds is 5. The van der Waals surface area contributed by atoms with Crippen molar-refractivity contribution in [1.29, 1.82) is 0 Å². The highest BCUT2D eigenvalue weighted by Crippen LogP contribution is 2.22. The summed E-state index contributed by atoms with van der Waals surface area (Å²) in [6.45, 7) is 1.74. The van der Waals surface area contributed by atoms with Gasteiger partial charge >= 0.3 is 6.03 Å². The van der Waals surface area contributed by atoms with E-state index in [0.29, 0.717) is 10.6 Å². The fraction of sp³-hybridized carbons (Fsp3) is 0.267. The maximum atomic E-state index is 11.9. The van der Waals surface area contributed by atoms with Gasteiger partial charge in [-0.25, -0.2) is 4.79 Å². The lowest BCUT2D eigenvalue weighted by molar-refractivity contribution is 0.0604. The average molecular weight is 338 g/mol. The van der Waals surface area contributed by atoms with Gasteiger partial charge in [0.15, 0.2) is 0 Å². The van der Waals surface area contributed by atoms with Gasteiger partial charge in [-0.15, -0.1) is 0 Å². The number of nitrogens with one attached hydrogen (secondary N) is 2. The SMILES string of the molecule is C[S@](=O)c1cccc(NC(=O)NC[C@@](C)(O)c2ccsc2)c1. The van der Waals surface area contributed by atoms with Crippen molar-refractivity contribution in [1.82, 2.24) is 5.32 Å². The molecule has 0 unspecified atom stereocenters. The summed E-state index contributed by atoms with van der Waals surface area (Å²) in [6.07, 6.45) is 1.58. The summed E-state index contributed by atoms with van der Waals surface area (Å²) < 4.78 is 11.4. The van der Waals surface area contributed by atoms with E-state index in [1.165, 1.54) is 11.3 Å². The van der Waals surface area contributed by atoms with Crippen LogP contribution in [0.15, 0.2) is 46.0 Å². The summed E-state index contributed by atoms with van der Waals surface area (Å²) in [6, 6.07) is 8.24.